The van der Waals surface area contributed by atoms with E-state index in [1.54, 1.807) is 52.1 Å². The predicted molar refractivity (Wildman–Crippen MR) is 190 cm³/mol. The SMILES string of the molecule is COc1cc2cc(c1Cl)N(C)C(=O)C[C@H](OC(=O)[C@@H](C)N(C)C(=O)CC(C)C)[C@@]1(C)O[C@@H]1[C@H](C)[C@@H]1C[C@@](O)(NC(=O)O1)[C@H](OC)/C=C/C=C(\C)C2. The number of aliphatic hydroxyl groups is 1. The van der Waals surface area contributed by atoms with Gasteiger partial charge in [0.1, 0.15) is 40.7 Å². The van der Waals surface area contributed by atoms with Gasteiger partial charge >= 0.3 is 12.1 Å². The highest BCUT2D eigenvalue weighted by molar-refractivity contribution is 6.35. The summed E-state index contributed by atoms with van der Waals surface area (Å²) < 4.78 is 29.2. The van der Waals surface area contributed by atoms with E-state index in [9.17, 15) is 24.3 Å². The summed E-state index contributed by atoms with van der Waals surface area (Å²) in [7, 11) is 6.04. The van der Waals surface area contributed by atoms with Crippen LogP contribution in [0.3, 0.4) is 0 Å². The first-order chi connectivity index (χ1) is 23.8. The number of fused-ring (bicyclic) bond motifs is 5. The first-order valence-corrected chi connectivity index (χ1v) is 17.6. The molecule has 3 aliphatic rings. The molecule has 8 atom stereocenters. The van der Waals surface area contributed by atoms with Crippen LogP contribution in [-0.2, 0) is 39.8 Å². The fraction of sp³-hybridized carbons (Fsp3) is 0.622. The van der Waals surface area contributed by atoms with Crippen LogP contribution in [0.15, 0.2) is 35.9 Å². The molecular formula is C37H52ClN3O10. The molecule has 0 spiro atoms. The monoisotopic (exact) mass is 733 g/mol. The van der Waals surface area contributed by atoms with Crippen molar-refractivity contribution in [3.63, 3.8) is 0 Å². The number of nitrogens with zero attached hydrogens (tertiary/aromatic N) is 2. The number of benzene rings is 1. The van der Waals surface area contributed by atoms with Crippen molar-refractivity contribution in [3.8, 4) is 5.75 Å². The Kier molecular flexibility index (Phi) is 12.5. The predicted octanol–water partition coefficient (Wildman–Crippen LogP) is 4.56. The number of carbonyl (C=O) groups excluding carboxylic acids is 4. The number of likely N-dealkylation sites (N-methyl/N-ethyl adjacent to an activating group) is 1. The van der Waals surface area contributed by atoms with E-state index in [0.29, 0.717) is 17.9 Å². The number of carbonyl (C=O) groups is 4. The molecule has 3 heterocycles. The summed E-state index contributed by atoms with van der Waals surface area (Å²) in [5.41, 5.74) is -0.878. The van der Waals surface area contributed by atoms with Crippen LogP contribution in [0.4, 0.5) is 10.5 Å². The fourth-order valence-electron chi connectivity index (χ4n) is 6.71. The molecule has 1 aromatic carbocycles. The summed E-state index contributed by atoms with van der Waals surface area (Å²) in [6.07, 6.45) is 1.26. The van der Waals surface area contributed by atoms with Crippen LogP contribution < -0.4 is 15.0 Å². The van der Waals surface area contributed by atoms with Gasteiger partial charge in [-0.25, -0.2) is 9.59 Å². The van der Waals surface area contributed by atoms with Crippen LogP contribution in [-0.4, -0.2) is 104 Å². The number of rotatable bonds is 7. The number of hydrogen-bond donors (Lipinski definition) is 2. The maximum absolute atomic E-state index is 14.1. The Bertz CT molecular complexity index is 1560. The highest BCUT2D eigenvalue weighted by atomic mass is 35.5. The molecule has 3 amide bonds. The summed E-state index contributed by atoms with van der Waals surface area (Å²) in [5, 5.41) is 14.5. The smallest absolute Gasteiger partial charge is 0.409 e. The maximum Gasteiger partial charge on any atom is 0.409 e. The minimum Gasteiger partial charge on any atom is -0.495 e. The van der Waals surface area contributed by atoms with E-state index in [1.807, 2.05) is 26.8 Å². The number of epoxide rings is 1. The quantitative estimate of drug-likeness (QED) is 0.301. The molecule has 2 saturated heterocycles. The Morgan fingerprint density at radius 2 is 1.90 bits per heavy atom. The molecule has 2 N–H and O–H groups in total. The number of hydrogen-bond acceptors (Lipinski definition) is 10. The van der Waals surface area contributed by atoms with Crippen molar-refractivity contribution in [1.82, 2.24) is 10.2 Å². The van der Waals surface area contributed by atoms with Gasteiger partial charge in [0.05, 0.1) is 25.3 Å². The van der Waals surface area contributed by atoms with E-state index in [0.717, 1.165) is 11.1 Å². The van der Waals surface area contributed by atoms with Crippen molar-refractivity contribution in [2.75, 3.05) is 33.2 Å². The van der Waals surface area contributed by atoms with Crippen molar-refractivity contribution >= 4 is 41.2 Å². The average molecular weight is 734 g/mol. The van der Waals surface area contributed by atoms with Gasteiger partial charge in [0.25, 0.3) is 0 Å². The van der Waals surface area contributed by atoms with Crippen molar-refractivity contribution < 1.29 is 48.0 Å². The molecule has 14 heteroatoms. The summed E-state index contributed by atoms with van der Waals surface area (Å²) in [6.45, 7) is 10.8. The molecule has 0 aliphatic carbocycles. The topological polar surface area (TPSA) is 156 Å². The van der Waals surface area contributed by atoms with E-state index < -0.39 is 65.7 Å². The molecule has 0 saturated carbocycles. The van der Waals surface area contributed by atoms with Gasteiger partial charge < -0.3 is 38.6 Å². The standard InChI is InChI=1S/C37H52ClN3O10/c1-20(2)14-30(42)40(7)23(5)34(44)50-29-18-31(43)41(8)25-16-24(17-26(47-9)32(25)38)15-21(3)12-11-13-28(48-10)37(46)19-27(49-35(45)39-37)22(4)33-36(29,6)51-33/h11-13,16-17,20,22-23,27-29,33,46H,14-15,18-19H2,1-10H3,(H,39,45)/b13-11+,21-12+/t22-,23-,27+,28-,29+,33-,36-,37+/m1/s1. The summed E-state index contributed by atoms with van der Waals surface area (Å²) >= 11 is 6.75. The largest absolute Gasteiger partial charge is 0.495 e. The van der Waals surface area contributed by atoms with E-state index in [-0.39, 0.29) is 36.1 Å². The lowest BCUT2D eigenvalue weighted by molar-refractivity contribution is -0.162. The lowest BCUT2D eigenvalue weighted by atomic mass is 9.83. The Morgan fingerprint density at radius 3 is 2.53 bits per heavy atom. The number of esters is 1. The van der Waals surface area contributed by atoms with Gasteiger partial charge in [-0.05, 0) is 50.8 Å². The number of halogens is 1. The highest BCUT2D eigenvalue weighted by Crippen LogP contribution is 2.49. The number of alkyl carbamates (subject to hydrolysis) is 1. The minimum absolute atomic E-state index is 0.0442. The Balaban J connectivity index is 1.77. The molecule has 0 radical (unpaired) electrons. The minimum atomic E-state index is -1.82. The van der Waals surface area contributed by atoms with Crippen LogP contribution in [0.1, 0.15) is 66.4 Å². The second-order valence-electron chi connectivity index (χ2n) is 14.5. The second kappa shape index (κ2) is 15.9. The number of anilines is 1. The van der Waals surface area contributed by atoms with Gasteiger partial charge in [-0.1, -0.05) is 56.2 Å². The zero-order valence-electron chi connectivity index (χ0n) is 31.2. The molecule has 4 rings (SSSR count). The molecule has 0 unspecified atom stereocenters. The average Bonchev–Trinajstić information content (AvgIpc) is 3.76. The first kappa shape index (κ1) is 40.1. The van der Waals surface area contributed by atoms with Crippen LogP contribution >= 0.6 is 11.6 Å². The number of allylic oxidation sites excluding steroid dienone is 3. The molecule has 3 aliphatic heterocycles. The van der Waals surface area contributed by atoms with Gasteiger partial charge in [-0.3, -0.25) is 14.9 Å². The summed E-state index contributed by atoms with van der Waals surface area (Å²) in [4.78, 5) is 56.1. The van der Waals surface area contributed by atoms with Crippen LogP contribution in [0.25, 0.3) is 0 Å². The van der Waals surface area contributed by atoms with Crippen molar-refractivity contribution in [1.29, 1.82) is 0 Å². The fourth-order valence-corrected chi connectivity index (χ4v) is 7.02. The van der Waals surface area contributed by atoms with Gasteiger partial charge in [0.2, 0.25) is 11.8 Å². The molecule has 282 valence electrons. The number of amides is 3. The third-order valence-corrected chi connectivity index (χ3v) is 10.5. The molecule has 51 heavy (non-hydrogen) atoms. The summed E-state index contributed by atoms with van der Waals surface area (Å²) in [5.74, 6) is -1.41. The highest BCUT2D eigenvalue weighted by Gasteiger charge is 2.64. The van der Waals surface area contributed by atoms with E-state index >= 15 is 0 Å². The van der Waals surface area contributed by atoms with Crippen LogP contribution in [0, 0.1) is 11.8 Å². The third kappa shape index (κ3) is 8.88. The first-order valence-electron chi connectivity index (χ1n) is 17.2. The lowest BCUT2D eigenvalue weighted by Crippen LogP contribution is -2.63. The van der Waals surface area contributed by atoms with Crippen LogP contribution in [0.2, 0.25) is 5.02 Å². The normalized spacial score (nSPS) is 32.1. The Hall–Kier alpha value is -3.65. The zero-order valence-corrected chi connectivity index (χ0v) is 31.9. The van der Waals surface area contributed by atoms with Crippen molar-refractivity contribution in [2.45, 2.75) is 109 Å². The molecule has 1 aromatic rings. The van der Waals surface area contributed by atoms with Gasteiger partial charge in [0.15, 0.2) is 5.72 Å². The van der Waals surface area contributed by atoms with Gasteiger partial charge in [0, 0.05) is 40.0 Å². The molecule has 0 aromatic heterocycles. The van der Waals surface area contributed by atoms with Crippen molar-refractivity contribution in [2.24, 2.45) is 11.8 Å². The molecular weight excluding hydrogens is 682 g/mol. The van der Waals surface area contributed by atoms with Crippen molar-refractivity contribution in [3.05, 3.63) is 46.5 Å². The Labute approximate surface area is 305 Å². The summed E-state index contributed by atoms with van der Waals surface area (Å²) in [6, 6.07) is 2.64. The maximum atomic E-state index is 14.1. The molecule has 2 fully saturated rings. The van der Waals surface area contributed by atoms with Crippen LogP contribution in [0.5, 0.6) is 5.75 Å². The molecule has 4 bridgehead atoms. The van der Waals surface area contributed by atoms with Gasteiger partial charge in [-0.15, -0.1) is 0 Å². The van der Waals surface area contributed by atoms with E-state index in [2.05, 4.69) is 5.32 Å². The second-order valence-corrected chi connectivity index (χ2v) is 14.9. The number of nitrogens with one attached hydrogen (secondary N) is 1. The van der Waals surface area contributed by atoms with E-state index in [1.165, 1.54) is 31.1 Å². The lowest BCUT2D eigenvalue weighted by Gasteiger charge is -2.42. The Morgan fingerprint density at radius 1 is 1.22 bits per heavy atom. The number of ether oxygens (including phenoxy) is 5. The third-order valence-electron chi connectivity index (χ3n) is 10.1. The zero-order chi connectivity index (χ0) is 38.0. The number of methoxy groups -OCH3 is 2. The van der Waals surface area contributed by atoms with Gasteiger partial charge in [-0.2, -0.15) is 0 Å². The molecule has 13 nitrogen and oxygen atoms in total. The van der Waals surface area contributed by atoms with E-state index in [4.69, 9.17) is 35.3 Å².